The number of benzene rings is 2. The Kier molecular flexibility index (Phi) is 6.68. The van der Waals surface area contributed by atoms with Gasteiger partial charge in [0.1, 0.15) is 11.8 Å². The Morgan fingerprint density at radius 1 is 1.15 bits per heavy atom. The molecule has 2 heterocycles. The van der Waals surface area contributed by atoms with E-state index in [2.05, 4.69) is 5.32 Å². The number of amides is 2. The van der Waals surface area contributed by atoms with E-state index < -0.39 is 16.1 Å². The third-order valence-corrected chi connectivity index (χ3v) is 7.83. The van der Waals surface area contributed by atoms with E-state index in [1.807, 2.05) is 24.3 Å². The third-order valence-electron chi connectivity index (χ3n) is 5.93. The first-order chi connectivity index (χ1) is 15.8. The maximum atomic E-state index is 13.0. The van der Waals surface area contributed by atoms with Gasteiger partial charge in [0.25, 0.3) is 0 Å². The molecule has 2 aromatic carbocycles. The monoisotopic (exact) mass is 473 g/mol. The number of sulfonamides is 1. The molecule has 2 aliphatic heterocycles. The molecule has 1 saturated heterocycles. The Labute approximate surface area is 193 Å². The van der Waals surface area contributed by atoms with Gasteiger partial charge in [-0.3, -0.25) is 14.5 Å². The largest absolute Gasteiger partial charge is 0.496 e. The van der Waals surface area contributed by atoms with Crippen LogP contribution in [-0.2, 0) is 37.3 Å². The van der Waals surface area contributed by atoms with Crippen LogP contribution >= 0.6 is 0 Å². The fourth-order valence-corrected chi connectivity index (χ4v) is 5.73. The van der Waals surface area contributed by atoms with E-state index in [0.29, 0.717) is 43.3 Å². The molecule has 1 atom stereocenters. The Morgan fingerprint density at radius 3 is 2.58 bits per heavy atom. The first-order valence-electron chi connectivity index (χ1n) is 10.7. The Balaban J connectivity index is 1.55. The normalized spacial score (nSPS) is 18.6. The summed E-state index contributed by atoms with van der Waals surface area (Å²) in [5.74, 6) is 0.0637. The predicted molar refractivity (Wildman–Crippen MR) is 122 cm³/mol. The van der Waals surface area contributed by atoms with Crippen LogP contribution in [0.2, 0.25) is 0 Å². The first kappa shape index (κ1) is 23.2. The van der Waals surface area contributed by atoms with Crippen molar-refractivity contribution in [1.29, 1.82) is 0 Å². The van der Waals surface area contributed by atoms with Gasteiger partial charge in [-0.1, -0.05) is 18.2 Å². The molecule has 9 nitrogen and oxygen atoms in total. The lowest BCUT2D eigenvalue weighted by molar-refractivity contribution is -0.125. The van der Waals surface area contributed by atoms with Crippen LogP contribution in [-0.4, -0.2) is 64.0 Å². The van der Waals surface area contributed by atoms with Crippen LogP contribution in [0.25, 0.3) is 0 Å². The number of carbonyl (C=O) groups excluding carboxylic acids is 2. The zero-order valence-electron chi connectivity index (χ0n) is 18.6. The van der Waals surface area contributed by atoms with Gasteiger partial charge in [0.05, 0.1) is 25.2 Å². The highest BCUT2D eigenvalue weighted by molar-refractivity contribution is 7.89. The molecular weight excluding hydrogens is 446 g/mol. The summed E-state index contributed by atoms with van der Waals surface area (Å²) in [6.07, 6.45) is 0.235. The quantitative estimate of drug-likeness (QED) is 0.678. The smallest absolute Gasteiger partial charge is 0.243 e. The average Bonchev–Trinajstić information content (AvgIpc) is 3.22. The lowest BCUT2D eigenvalue weighted by Gasteiger charge is -2.26. The zero-order valence-corrected chi connectivity index (χ0v) is 19.4. The molecule has 1 fully saturated rings. The van der Waals surface area contributed by atoms with Crippen molar-refractivity contribution in [3.05, 3.63) is 53.6 Å². The van der Waals surface area contributed by atoms with Crippen molar-refractivity contribution >= 4 is 27.5 Å². The summed E-state index contributed by atoms with van der Waals surface area (Å²) < 4.78 is 38.0. The molecular formula is C23H27N3O6S. The van der Waals surface area contributed by atoms with E-state index in [1.165, 1.54) is 22.2 Å². The molecule has 10 heteroatoms. The second kappa shape index (κ2) is 9.50. The molecule has 2 aromatic rings. The lowest BCUT2D eigenvalue weighted by Crippen LogP contribution is -2.47. The van der Waals surface area contributed by atoms with Gasteiger partial charge in [0.2, 0.25) is 21.8 Å². The number of rotatable bonds is 6. The summed E-state index contributed by atoms with van der Waals surface area (Å²) in [4.78, 5) is 27.0. The first-order valence-corrected chi connectivity index (χ1v) is 12.2. The van der Waals surface area contributed by atoms with E-state index in [1.54, 1.807) is 19.2 Å². The summed E-state index contributed by atoms with van der Waals surface area (Å²) in [5.41, 5.74) is 2.02. The van der Waals surface area contributed by atoms with Crippen molar-refractivity contribution in [2.75, 3.05) is 38.3 Å². The average molecular weight is 474 g/mol. The number of fused-ring (bicyclic) bond motifs is 1. The fraction of sp³-hybridized carbons (Fsp3) is 0.391. The lowest BCUT2D eigenvalue weighted by atomic mass is 10.1. The van der Waals surface area contributed by atoms with Gasteiger partial charge in [-0.15, -0.1) is 0 Å². The highest BCUT2D eigenvalue weighted by Crippen LogP contribution is 2.35. The SMILES string of the molecule is COc1ccccc1CNC(=O)C1Cc2cc(S(=O)(=O)N3CCOCC3)ccc2N1C(C)=O. The maximum Gasteiger partial charge on any atom is 0.243 e. The second-order valence-corrected chi connectivity index (χ2v) is 9.88. The second-order valence-electron chi connectivity index (χ2n) is 7.95. The number of anilines is 1. The number of hydrogen-bond donors (Lipinski definition) is 1. The topological polar surface area (TPSA) is 105 Å². The van der Waals surface area contributed by atoms with Crippen LogP contribution in [0.4, 0.5) is 5.69 Å². The predicted octanol–water partition coefficient (Wildman–Crippen LogP) is 1.31. The number of nitrogens with zero attached hydrogens (tertiary/aromatic N) is 2. The minimum absolute atomic E-state index is 0.154. The molecule has 33 heavy (non-hydrogen) atoms. The van der Waals surface area contributed by atoms with Crippen LogP contribution in [0.3, 0.4) is 0 Å². The number of hydrogen-bond acceptors (Lipinski definition) is 6. The molecule has 0 saturated carbocycles. The van der Waals surface area contributed by atoms with Crippen molar-refractivity contribution in [1.82, 2.24) is 9.62 Å². The summed E-state index contributed by atoms with van der Waals surface area (Å²) in [6, 6.07) is 11.3. The Hall–Kier alpha value is -2.95. The number of nitrogens with one attached hydrogen (secondary N) is 1. The van der Waals surface area contributed by atoms with Crippen LogP contribution < -0.4 is 15.0 Å². The Bertz CT molecular complexity index is 1160. The molecule has 2 amide bonds. The highest BCUT2D eigenvalue weighted by atomic mass is 32.2. The zero-order chi connectivity index (χ0) is 23.6. The molecule has 0 bridgehead atoms. The van der Waals surface area contributed by atoms with E-state index in [4.69, 9.17) is 9.47 Å². The number of methoxy groups -OCH3 is 1. The molecule has 0 aromatic heterocycles. The van der Waals surface area contributed by atoms with Crippen molar-refractivity contribution in [3.8, 4) is 5.75 Å². The summed E-state index contributed by atoms with van der Waals surface area (Å²) in [7, 11) is -2.11. The van der Waals surface area contributed by atoms with Gasteiger partial charge in [-0.05, 0) is 29.8 Å². The van der Waals surface area contributed by atoms with E-state index in [9.17, 15) is 18.0 Å². The number of ether oxygens (including phenoxy) is 2. The number of para-hydroxylation sites is 1. The molecule has 176 valence electrons. The van der Waals surface area contributed by atoms with Crippen molar-refractivity contribution < 1.29 is 27.5 Å². The molecule has 1 unspecified atom stereocenters. The van der Waals surface area contributed by atoms with Crippen LogP contribution in [0, 0.1) is 0 Å². The molecule has 0 radical (unpaired) electrons. The standard InChI is InChI=1S/C23H27N3O6S/c1-16(27)26-20-8-7-19(33(29,30)25-9-11-32-12-10-25)13-18(20)14-21(26)23(28)24-15-17-5-3-4-6-22(17)31-2/h3-8,13,21H,9-12,14-15H2,1-2H3,(H,24,28). The number of morpholine rings is 1. The van der Waals surface area contributed by atoms with Crippen LogP contribution in [0.5, 0.6) is 5.75 Å². The maximum absolute atomic E-state index is 13.0. The van der Waals surface area contributed by atoms with Crippen LogP contribution in [0.15, 0.2) is 47.4 Å². The van der Waals surface area contributed by atoms with E-state index >= 15 is 0 Å². The Morgan fingerprint density at radius 2 is 1.88 bits per heavy atom. The highest BCUT2D eigenvalue weighted by Gasteiger charge is 2.38. The van der Waals surface area contributed by atoms with Gasteiger partial charge in [0.15, 0.2) is 0 Å². The van der Waals surface area contributed by atoms with E-state index in [-0.39, 0.29) is 29.7 Å². The van der Waals surface area contributed by atoms with Crippen molar-refractivity contribution in [3.63, 3.8) is 0 Å². The molecule has 2 aliphatic rings. The van der Waals surface area contributed by atoms with Gasteiger partial charge >= 0.3 is 0 Å². The minimum atomic E-state index is -3.68. The fourth-order valence-electron chi connectivity index (χ4n) is 4.27. The van der Waals surface area contributed by atoms with Crippen LogP contribution in [0.1, 0.15) is 18.1 Å². The van der Waals surface area contributed by atoms with E-state index in [0.717, 1.165) is 5.56 Å². The molecule has 1 N–H and O–H groups in total. The molecule has 4 rings (SSSR count). The molecule has 0 aliphatic carbocycles. The van der Waals surface area contributed by atoms with Crippen molar-refractivity contribution in [2.45, 2.75) is 30.8 Å². The summed E-state index contributed by atoms with van der Waals surface area (Å²) >= 11 is 0. The van der Waals surface area contributed by atoms with Crippen molar-refractivity contribution in [2.24, 2.45) is 0 Å². The summed E-state index contributed by atoms with van der Waals surface area (Å²) in [6.45, 7) is 2.96. The molecule has 0 spiro atoms. The third kappa shape index (κ3) is 4.59. The van der Waals surface area contributed by atoms with Gasteiger partial charge in [-0.25, -0.2) is 8.42 Å². The number of carbonyl (C=O) groups is 2. The van der Waals surface area contributed by atoms with Gasteiger partial charge in [0, 0.05) is 44.2 Å². The van der Waals surface area contributed by atoms with Gasteiger partial charge < -0.3 is 14.8 Å². The van der Waals surface area contributed by atoms with Gasteiger partial charge in [-0.2, -0.15) is 4.31 Å². The summed E-state index contributed by atoms with van der Waals surface area (Å²) in [5, 5.41) is 2.88. The minimum Gasteiger partial charge on any atom is -0.496 e.